The molecule has 35 heavy (non-hydrogen) atoms. The van der Waals surface area contributed by atoms with Crippen LogP contribution in [0.25, 0.3) is 0 Å². The summed E-state index contributed by atoms with van der Waals surface area (Å²) in [6.07, 6.45) is 0. The molecule has 3 rings (SSSR count). The van der Waals surface area contributed by atoms with E-state index in [-0.39, 0.29) is 6.61 Å². The number of rotatable bonds is 10. The van der Waals surface area contributed by atoms with E-state index in [2.05, 4.69) is 11.4 Å². The van der Waals surface area contributed by atoms with Crippen LogP contribution in [-0.2, 0) is 20.9 Å². The van der Waals surface area contributed by atoms with Crippen LogP contribution in [0.3, 0.4) is 0 Å². The Labute approximate surface area is 204 Å². The monoisotopic (exact) mass is 474 g/mol. The number of methoxy groups -OCH3 is 2. The molecule has 3 aromatic rings. The summed E-state index contributed by atoms with van der Waals surface area (Å²) in [5, 5.41) is 12.2. The third-order valence-corrected chi connectivity index (χ3v) is 5.11. The summed E-state index contributed by atoms with van der Waals surface area (Å²) in [5.41, 5.74) is 2.80. The van der Waals surface area contributed by atoms with Crippen LogP contribution in [-0.4, -0.2) is 32.8 Å². The van der Waals surface area contributed by atoms with Gasteiger partial charge in [0.15, 0.2) is 6.04 Å². The second kappa shape index (κ2) is 12.1. The van der Waals surface area contributed by atoms with Gasteiger partial charge in [0, 0.05) is 11.3 Å². The third kappa shape index (κ3) is 6.51. The van der Waals surface area contributed by atoms with Gasteiger partial charge in [0.25, 0.3) is 0 Å². The van der Waals surface area contributed by atoms with Gasteiger partial charge in [-0.1, -0.05) is 12.1 Å². The minimum Gasteiger partial charge on any atom is -0.494 e. The fourth-order valence-corrected chi connectivity index (χ4v) is 3.40. The average molecular weight is 475 g/mol. The molecule has 0 heterocycles. The van der Waals surface area contributed by atoms with Gasteiger partial charge in [-0.05, 0) is 67.1 Å². The number of nitrogens with one attached hydrogen (secondary N) is 1. The zero-order valence-corrected chi connectivity index (χ0v) is 19.7. The molecule has 0 aliphatic carbocycles. The van der Waals surface area contributed by atoms with E-state index in [0.29, 0.717) is 40.5 Å². The number of carbonyl (C=O) groups excluding carboxylic acids is 2. The molecule has 0 fully saturated rings. The number of hydrogen-bond acceptors (Lipinski definition) is 8. The van der Waals surface area contributed by atoms with Crippen molar-refractivity contribution in [3.05, 3.63) is 89.0 Å². The van der Waals surface area contributed by atoms with Gasteiger partial charge in [0.2, 0.25) is 0 Å². The fourth-order valence-electron chi connectivity index (χ4n) is 3.40. The highest BCUT2D eigenvalue weighted by Crippen LogP contribution is 2.33. The first-order chi connectivity index (χ1) is 17.0. The van der Waals surface area contributed by atoms with Crippen LogP contribution < -0.4 is 14.8 Å². The smallest absolute Gasteiger partial charge is 0.337 e. The van der Waals surface area contributed by atoms with Crippen LogP contribution >= 0.6 is 0 Å². The maximum atomic E-state index is 12.8. The first-order valence-electron chi connectivity index (χ1n) is 10.9. The molecule has 8 nitrogen and oxygen atoms in total. The minimum absolute atomic E-state index is 0.149. The van der Waals surface area contributed by atoms with Crippen LogP contribution in [0.15, 0.2) is 66.7 Å². The van der Waals surface area contributed by atoms with Crippen LogP contribution in [0.5, 0.6) is 11.5 Å². The molecule has 0 amide bonds. The van der Waals surface area contributed by atoms with E-state index in [4.69, 9.17) is 24.2 Å². The number of nitrogens with zero attached hydrogens (tertiary/aromatic N) is 1. The second-order valence-electron chi connectivity index (χ2n) is 7.40. The topological polar surface area (TPSA) is 107 Å². The van der Waals surface area contributed by atoms with Crippen molar-refractivity contribution in [3.8, 4) is 17.6 Å². The van der Waals surface area contributed by atoms with Gasteiger partial charge in [0.05, 0.1) is 38.0 Å². The van der Waals surface area contributed by atoms with Crippen molar-refractivity contribution in [1.82, 2.24) is 0 Å². The Bertz CT molecular complexity index is 1220. The fraction of sp³-hybridized carbons (Fsp3) is 0.222. The van der Waals surface area contributed by atoms with Gasteiger partial charge < -0.3 is 24.3 Å². The Balaban J connectivity index is 1.93. The highest BCUT2D eigenvalue weighted by molar-refractivity contribution is 5.89. The molecule has 0 radical (unpaired) electrons. The summed E-state index contributed by atoms with van der Waals surface area (Å²) in [5.74, 6) is 0.0399. The summed E-state index contributed by atoms with van der Waals surface area (Å²) in [6.45, 7) is 2.47. The van der Waals surface area contributed by atoms with Crippen LogP contribution in [0, 0.1) is 11.3 Å². The van der Waals surface area contributed by atoms with E-state index in [1.54, 1.807) is 60.7 Å². The first-order valence-corrected chi connectivity index (χ1v) is 10.9. The summed E-state index contributed by atoms with van der Waals surface area (Å²) in [7, 11) is 2.63. The Morgan fingerprint density at radius 3 is 2.40 bits per heavy atom. The molecule has 0 aromatic heterocycles. The molecule has 0 saturated carbocycles. The molecule has 1 atom stereocenters. The normalized spacial score (nSPS) is 11.0. The van der Waals surface area contributed by atoms with E-state index < -0.39 is 18.0 Å². The zero-order valence-electron chi connectivity index (χ0n) is 19.7. The largest absolute Gasteiger partial charge is 0.494 e. The summed E-state index contributed by atoms with van der Waals surface area (Å²) < 4.78 is 21.5. The lowest BCUT2D eigenvalue weighted by atomic mass is 10.0. The number of anilines is 1. The maximum absolute atomic E-state index is 12.8. The van der Waals surface area contributed by atoms with Crippen molar-refractivity contribution in [2.24, 2.45) is 0 Å². The molecule has 180 valence electrons. The molecule has 3 aromatic carbocycles. The van der Waals surface area contributed by atoms with Crippen LogP contribution in [0.2, 0.25) is 0 Å². The van der Waals surface area contributed by atoms with Crippen molar-refractivity contribution >= 4 is 17.6 Å². The number of nitriles is 1. The Kier molecular flexibility index (Phi) is 8.68. The number of hydrogen-bond donors (Lipinski definition) is 1. The van der Waals surface area contributed by atoms with E-state index in [1.165, 1.54) is 14.2 Å². The number of benzene rings is 3. The Morgan fingerprint density at radius 1 is 0.971 bits per heavy atom. The van der Waals surface area contributed by atoms with Gasteiger partial charge in [-0.15, -0.1) is 0 Å². The van der Waals surface area contributed by atoms with E-state index in [9.17, 15) is 9.59 Å². The molecule has 1 N–H and O–H groups in total. The lowest BCUT2D eigenvalue weighted by Crippen LogP contribution is -2.23. The summed E-state index contributed by atoms with van der Waals surface area (Å²) in [4.78, 5) is 24.7. The molecule has 8 heteroatoms. The quantitative estimate of drug-likeness (QED) is 0.423. The molecule has 0 bridgehead atoms. The van der Waals surface area contributed by atoms with Crippen molar-refractivity contribution in [3.63, 3.8) is 0 Å². The van der Waals surface area contributed by atoms with E-state index in [1.807, 2.05) is 13.0 Å². The van der Waals surface area contributed by atoms with Crippen molar-refractivity contribution < 1.29 is 28.5 Å². The summed E-state index contributed by atoms with van der Waals surface area (Å²) in [6, 6.07) is 20.0. The van der Waals surface area contributed by atoms with Gasteiger partial charge in [0.1, 0.15) is 18.1 Å². The predicted octanol–water partition coefficient (Wildman–Crippen LogP) is 4.65. The maximum Gasteiger partial charge on any atom is 0.337 e. The van der Waals surface area contributed by atoms with Gasteiger partial charge >= 0.3 is 11.9 Å². The molecule has 0 aliphatic heterocycles. The van der Waals surface area contributed by atoms with Gasteiger partial charge in [-0.3, -0.25) is 0 Å². The van der Waals surface area contributed by atoms with Gasteiger partial charge in [-0.25, -0.2) is 9.59 Å². The lowest BCUT2D eigenvalue weighted by Gasteiger charge is -2.22. The van der Waals surface area contributed by atoms with E-state index in [0.717, 1.165) is 5.56 Å². The minimum atomic E-state index is -0.912. The number of ether oxygens (including phenoxy) is 4. The average Bonchev–Trinajstić information content (AvgIpc) is 2.90. The van der Waals surface area contributed by atoms with Gasteiger partial charge in [-0.2, -0.15) is 5.26 Å². The standard InChI is InChI=1S/C27H26N2O6/c1-4-34-22-12-13-24(35-17-19-6-5-7-20(14-19)26(30)32-2)23(15-22)25(27(31)33-3)29-21-10-8-18(16-28)9-11-21/h5-15,25,29H,4,17H2,1-3H3. The van der Waals surface area contributed by atoms with Crippen LogP contribution in [0.1, 0.15) is 40.0 Å². The summed E-state index contributed by atoms with van der Waals surface area (Å²) >= 11 is 0. The molecule has 0 saturated heterocycles. The molecular formula is C27H26N2O6. The predicted molar refractivity (Wildman–Crippen MR) is 129 cm³/mol. The second-order valence-corrected chi connectivity index (χ2v) is 7.40. The lowest BCUT2D eigenvalue weighted by molar-refractivity contribution is -0.141. The highest BCUT2D eigenvalue weighted by Gasteiger charge is 2.26. The van der Waals surface area contributed by atoms with Crippen molar-refractivity contribution in [1.29, 1.82) is 5.26 Å². The van der Waals surface area contributed by atoms with Crippen molar-refractivity contribution in [2.75, 3.05) is 26.1 Å². The Hall–Kier alpha value is -4.51. The zero-order chi connectivity index (χ0) is 25.2. The van der Waals surface area contributed by atoms with E-state index >= 15 is 0 Å². The molecule has 0 spiro atoms. The molecular weight excluding hydrogens is 448 g/mol. The number of esters is 2. The molecule has 1 unspecified atom stereocenters. The highest BCUT2D eigenvalue weighted by atomic mass is 16.5. The third-order valence-electron chi connectivity index (χ3n) is 5.11. The first kappa shape index (κ1) is 25.1. The van der Waals surface area contributed by atoms with Crippen molar-refractivity contribution in [2.45, 2.75) is 19.6 Å². The SMILES string of the molecule is CCOc1ccc(OCc2cccc(C(=O)OC)c2)c(C(Nc2ccc(C#N)cc2)C(=O)OC)c1. The van der Waals surface area contributed by atoms with Crippen LogP contribution in [0.4, 0.5) is 5.69 Å². The Morgan fingerprint density at radius 2 is 1.74 bits per heavy atom. The number of carbonyl (C=O) groups is 2. The molecule has 0 aliphatic rings.